The number of hydrogen-bond acceptors (Lipinski definition) is 4. The van der Waals surface area contributed by atoms with Gasteiger partial charge in [0.05, 0.1) is 6.54 Å². The van der Waals surface area contributed by atoms with Gasteiger partial charge < -0.3 is 14.3 Å². The minimum absolute atomic E-state index is 0.236. The Morgan fingerprint density at radius 1 is 1.33 bits per heavy atom. The van der Waals surface area contributed by atoms with Gasteiger partial charge in [0, 0.05) is 18.7 Å². The summed E-state index contributed by atoms with van der Waals surface area (Å²) in [6.45, 7) is 8.73. The van der Waals surface area contributed by atoms with Crippen molar-refractivity contribution in [3.63, 3.8) is 0 Å². The molecule has 0 spiro atoms. The van der Waals surface area contributed by atoms with Crippen LogP contribution < -0.4 is 5.32 Å². The molecule has 0 fully saturated rings. The van der Waals surface area contributed by atoms with E-state index in [0.29, 0.717) is 6.54 Å². The molecule has 2 aromatic heterocycles. The van der Waals surface area contributed by atoms with Gasteiger partial charge in [-0.3, -0.25) is 0 Å². The zero-order valence-electron chi connectivity index (χ0n) is 11.6. The molecule has 0 radical (unpaired) electrons. The normalized spacial score (nSPS) is 12.9. The molecule has 0 amide bonds. The smallest absolute Gasteiger partial charge is 0.146 e. The van der Waals surface area contributed by atoms with E-state index in [1.54, 1.807) is 0 Å². The Morgan fingerprint density at radius 3 is 2.56 bits per heavy atom. The number of nitrogens with one attached hydrogen (secondary N) is 1. The van der Waals surface area contributed by atoms with Gasteiger partial charge >= 0.3 is 0 Å². The van der Waals surface area contributed by atoms with Crippen LogP contribution in [0.3, 0.4) is 0 Å². The summed E-state index contributed by atoms with van der Waals surface area (Å²) in [6, 6.07) is 2.31. The topological polar surface area (TPSA) is 55.9 Å². The average Bonchev–Trinajstić information content (AvgIpc) is 2.81. The maximum Gasteiger partial charge on any atom is 0.146 e. The first-order valence-corrected chi connectivity index (χ1v) is 6.14. The molecule has 0 aliphatic rings. The van der Waals surface area contributed by atoms with E-state index in [2.05, 4.69) is 28.5 Å². The maximum absolute atomic E-state index is 5.54. The Hall–Kier alpha value is -1.62. The van der Waals surface area contributed by atoms with Crippen LogP contribution in [0, 0.1) is 20.8 Å². The molecule has 1 unspecified atom stereocenters. The van der Waals surface area contributed by atoms with Crippen molar-refractivity contribution in [3.8, 4) is 0 Å². The maximum atomic E-state index is 5.54. The summed E-state index contributed by atoms with van der Waals surface area (Å²) in [5.41, 5.74) is 1.20. The second-order valence-electron chi connectivity index (χ2n) is 4.69. The molecule has 2 heterocycles. The lowest BCUT2D eigenvalue weighted by Gasteiger charge is -2.12. The van der Waals surface area contributed by atoms with E-state index in [4.69, 9.17) is 4.42 Å². The molecule has 0 aromatic carbocycles. The molecule has 0 aliphatic heterocycles. The third-order valence-corrected chi connectivity index (χ3v) is 3.29. The van der Waals surface area contributed by atoms with Crippen LogP contribution in [0.1, 0.15) is 41.7 Å². The Balaban J connectivity index is 2.02. The van der Waals surface area contributed by atoms with Crippen LogP contribution >= 0.6 is 0 Å². The summed E-state index contributed by atoms with van der Waals surface area (Å²) < 4.78 is 7.54. The first-order valence-electron chi connectivity index (χ1n) is 6.14. The quantitative estimate of drug-likeness (QED) is 0.901. The van der Waals surface area contributed by atoms with E-state index >= 15 is 0 Å². The third kappa shape index (κ3) is 2.46. The molecule has 0 aliphatic carbocycles. The number of nitrogens with zero attached hydrogens (tertiary/aromatic N) is 3. The fourth-order valence-electron chi connectivity index (χ4n) is 2.04. The van der Waals surface area contributed by atoms with Crippen LogP contribution in [0.4, 0.5) is 0 Å². The highest BCUT2D eigenvalue weighted by atomic mass is 16.3. The highest BCUT2D eigenvalue weighted by Gasteiger charge is 2.13. The molecule has 0 saturated carbocycles. The van der Waals surface area contributed by atoms with Gasteiger partial charge in [0.1, 0.15) is 23.2 Å². The van der Waals surface area contributed by atoms with Gasteiger partial charge in [-0.2, -0.15) is 0 Å². The molecule has 0 saturated heterocycles. The first-order chi connectivity index (χ1) is 8.49. The van der Waals surface area contributed by atoms with Crippen molar-refractivity contribution >= 4 is 0 Å². The minimum atomic E-state index is 0.236. The van der Waals surface area contributed by atoms with Gasteiger partial charge in [-0.25, -0.2) is 0 Å². The Bertz CT molecular complexity index is 541. The van der Waals surface area contributed by atoms with Crippen molar-refractivity contribution in [2.24, 2.45) is 7.05 Å². The van der Waals surface area contributed by atoms with Crippen LogP contribution in [0.2, 0.25) is 0 Å². The van der Waals surface area contributed by atoms with E-state index in [0.717, 1.165) is 23.2 Å². The molecule has 1 N–H and O–H groups in total. The molecule has 5 nitrogen and oxygen atoms in total. The number of hydrogen-bond donors (Lipinski definition) is 1. The summed E-state index contributed by atoms with van der Waals surface area (Å²) >= 11 is 0. The largest absolute Gasteiger partial charge is 0.466 e. The standard InChI is InChI=1S/C13H20N4O/c1-8-6-12(10(3)18-8)9(2)14-7-13-16-15-11(4)17(13)5/h6,9,14H,7H2,1-5H3. The summed E-state index contributed by atoms with van der Waals surface area (Å²) in [5, 5.41) is 11.6. The van der Waals surface area contributed by atoms with E-state index < -0.39 is 0 Å². The lowest BCUT2D eigenvalue weighted by atomic mass is 10.1. The summed E-state index contributed by atoms with van der Waals surface area (Å²) in [5.74, 6) is 3.79. The Labute approximate surface area is 107 Å². The lowest BCUT2D eigenvalue weighted by molar-refractivity contribution is 0.486. The third-order valence-electron chi connectivity index (χ3n) is 3.29. The molecular formula is C13H20N4O. The summed E-state index contributed by atoms with van der Waals surface area (Å²) in [6.07, 6.45) is 0. The van der Waals surface area contributed by atoms with Gasteiger partial charge in [-0.05, 0) is 33.8 Å². The zero-order valence-corrected chi connectivity index (χ0v) is 11.6. The molecule has 2 aromatic rings. The molecule has 1 atom stereocenters. The monoisotopic (exact) mass is 248 g/mol. The van der Waals surface area contributed by atoms with Crippen LogP contribution in [0.25, 0.3) is 0 Å². The number of aromatic nitrogens is 3. The fourth-order valence-corrected chi connectivity index (χ4v) is 2.04. The van der Waals surface area contributed by atoms with Crippen LogP contribution in [0.5, 0.6) is 0 Å². The first kappa shape index (κ1) is 12.8. The Kier molecular flexibility index (Phi) is 3.52. The van der Waals surface area contributed by atoms with Gasteiger partial charge in [0.2, 0.25) is 0 Å². The molecule has 18 heavy (non-hydrogen) atoms. The van der Waals surface area contributed by atoms with Crippen molar-refractivity contribution in [1.82, 2.24) is 20.1 Å². The number of aryl methyl sites for hydroxylation is 3. The molecule has 0 bridgehead atoms. The molecular weight excluding hydrogens is 228 g/mol. The van der Waals surface area contributed by atoms with Crippen LogP contribution in [-0.2, 0) is 13.6 Å². The van der Waals surface area contributed by atoms with E-state index in [1.165, 1.54) is 5.56 Å². The lowest BCUT2D eigenvalue weighted by Crippen LogP contribution is -2.20. The van der Waals surface area contributed by atoms with Crippen LogP contribution in [-0.4, -0.2) is 14.8 Å². The second-order valence-corrected chi connectivity index (χ2v) is 4.69. The fraction of sp³-hybridized carbons (Fsp3) is 0.538. The minimum Gasteiger partial charge on any atom is -0.466 e. The summed E-state index contributed by atoms with van der Waals surface area (Å²) in [4.78, 5) is 0. The predicted molar refractivity (Wildman–Crippen MR) is 69.2 cm³/mol. The van der Waals surface area contributed by atoms with Crippen molar-refractivity contribution in [1.29, 1.82) is 0 Å². The second kappa shape index (κ2) is 4.94. The molecule has 98 valence electrons. The van der Waals surface area contributed by atoms with Gasteiger partial charge in [0.25, 0.3) is 0 Å². The highest BCUT2D eigenvalue weighted by Crippen LogP contribution is 2.21. The van der Waals surface area contributed by atoms with Gasteiger partial charge in [0.15, 0.2) is 0 Å². The van der Waals surface area contributed by atoms with Gasteiger partial charge in [-0.1, -0.05) is 0 Å². The highest BCUT2D eigenvalue weighted by molar-refractivity contribution is 5.23. The number of furan rings is 1. The van der Waals surface area contributed by atoms with Crippen molar-refractivity contribution in [3.05, 3.63) is 34.8 Å². The molecule has 5 heteroatoms. The van der Waals surface area contributed by atoms with E-state index in [1.807, 2.05) is 32.4 Å². The number of rotatable bonds is 4. The predicted octanol–water partition coefficient (Wildman–Crippen LogP) is 2.18. The van der Waals surface area contributed by atoms with E-state index in [-0.39, 0.29) is 6.04 Å². The van der Waals surface area contributed by atoms with Gasteiger partial charge in [-0.15, -0.1) is 10.2 Å². The molecule has 2 rings (SSSR count). The average molecular weight is 248 g/mol. The van der Waals surface area contributed by atoms with Crippen LogP contribution in [0.15, 0.2) is 10.5 Å². The van der Waals surface area contributed by atoms with Crippen molar-refractivity contribution in [2.45, 2.75) is 40.3 Å². The van der Waals surface area contributed by atoms with Crippen molar-refractivity contribution < 1.29 is 4.42 Å². The van der Waals surface area contributed by atoms with E-state index in [9.17, 15) is 0 Å². The van der Waals surface area contributed by atoms with Crippen molar-refractivity contribution in [2.75, 3.05) is 0 Å². The Morgan fingerprint density at radius 2 is 2.06 bits per heavy atom. The zero-order chi connectivity index (χ0) is 13.3. The summed E-state index contributed by atoms with van der Waals surface area (Å²) in [7, 11) is 1.98. The SMILES string of the molecule is Cc1cc(C(C)NCc2nnc(C)n2C)c(C)o1.